The van der Waals surface area contributed by atoms with Crippen molar-refractivity contribution in [3.63, 3.8) is 0 Å². The summed E-state index contributed by atoms with van der Waals surface area (Å²) in [5.41, 5.74) is 0.709. The molecule has 0 aliphatic carbocycles. The second-order valence-electron chi connectivity index (χ2n) is 3.01. The molecule has 0 radical (unpaired) electrons. The summed E-state index contributed by atoms with van der Waals surface area (Å²) < 4.78 is 1.84. The van der Waals surface area contributed by atoms with Gasteiger partial charge < -0.3 is 4.57 Å². The zero-order valence-corrected chi connectivity index (χ0v) is 9.47. The van der Waals surface area contributed by atoms with Gasteiger partial charge in [-0.05, 0) is 13.3 Å². The van der Waals surface area contributed by atoms with Gasteiger partial charge in [-0.2, -0.15) is 4.99 Å². The molecule has 0 bridgehead atoms. The molecule has 0 spiro atoms. The monoisotopic (exact) mass is 210 g/mol. The van der Waals surface area contributed by atoms with Gasteiger partial charge in [0.1, 0.15) is 0 Å². The van der Waals surface area contributed by atoms with Crippen molar-refractivity contribution >= 4 is 17.2 Å². The molecule has 1 aromatic rings. The van der Waals surface area contributed by atoms with E-state index in [0.717, 1.165) is 11.2 Å². The number of hydrogen-bond acceptors (Lipinski definition) is 2. The van der Waals surface area contributed by atoms with Crippen LogP contribution in [0.3, 0.4) is 0 Å². The van der Waals surface area contributed by atoms with E-state index in [-0.39, 0.29) is 5.91 Å². The minimum absolute atomic E-state index is 0.148. The Hall–Kier alpha value is -1.16. The molecular formula is C10H14N2OS. The van der Waals surface area contributed by atoms with Crippen molar-refractivity contribution < 1.29 is 4.79 Å². The lowest BCUT2D eigenvalue weighted by Crippen LogP contribution is -2.12. The predicted molar refractivity (Wildman–Crippen MR) is 57.9 cm³/mol. The van der Waals surface area contributed by atoms with Gasteiger partial charge in [0.2, 0.25) is 0 Å². The maximum atomic E-state index is 11.5. The number of thiazole rings is 1. The van der Waals surface area contributed by atoms with Gasteiger partial charge in [-0.3, -0.25) is 4.79 Å². The van der Waals surface area contributed by atoms with Crippen molar-refractivity contribution in [1.29, 1.82) is 0 Å². The molecule has 1 rings (SSSR count). The van der Waals surface area contributed by atoms with Crippen LogP contribution in [0.2, 0.25) is 0 Å². The van der Waals surface area contributed by atoms with Crippen molar-refractivity contribution in [2.24, 2.45) is 12.0 Å². The number of carbonyl (C=O) groups is 1. The molecule has 0 aliphatic rings. The lowest BCUT2D eigenvalue weighted by Gasteiger charge is -1.93. The quantitative estimate of drug-likeness (QED) is 0.686. The standard InChI is InChI=1S/C10H14N2OS/c1-4-5-8(2)9(13)11-10-12(3)6-7-14-10/h5-7H,4H2,1-3H3. The van der Waals surface area contributed by atoms with E-state index in [1.165, 1.54) is 11.3 Å². The molecule has 3 nitrogen and oxygen atoms in total. The molecule has 14 heavy (non-hydrogen) atoms. The first-order chi connectivity index (χ1) is 6.65. The fourth-order valence-corrected chi connectivity index (χ4v) is 1.73. The summed E-state index contributed by atoms with van der Waals surface area (Å²) in [5, 5.41) is 1.91. The van der Waals surface area contributed by atoms with Crippen LogP contribution in [-0.2, 0) is 11.8 Å². The van der Waals surface area contributed by atoms with Crippen LogP contribution in [0.15, 0.2) is 28.2 Å². The third kappa shape index (κ3) is 2.67. The number of aromatic nitrogens is 1. The number of amides is 1. The largest absolute Gasteiger partial charge is 0.327 e. The SMILES string of the molecule is CCC=C(C)C(=O)N=c1sccn1C. The van der Waals surface area contributed by atoms with Crippen LogP contribution in [0, 0.1) is 0 Å². The molecule has 1 heterocycles. The predicted octanol–water partition coefficient (Wildman–Crippen LogP) is 1.87. The molecule has 76 valence electrons. The van der Waals surface area contributed by atoms with Crippen molar-refractivity contribution in [2.75, 3.05) is 0 Å². The summed E-state index contributed by atoms with van der Waals surface area (Å²) in [4.78, 5) is 16.3. The van der Waals surface area contributed by atoms with E-state index in [1.54, 1.807) is 6.92 Å². The van der Waals surface area contributed by atoms with Crippen LogP contribution in [0.5, 0.6) is 0 Å². The summed E-state index contributed by atoms with van der Waals surface area (Å²) in [6, 6.07) is 0. The zero-order chi connectivity index (χ0) is 10.6. The summed E-state index contributed by atoms with van der Waals surface area (Å²) in [5.74, 6) is -0.148. The molecule has 1 aromatic heterocycles. The van der Waals surface area contributed by atoms with Crippen LogP contribution in [0.1, 0.15) is 20.3 Å². The second-order valence-corrected chi connectivity index (χ2v) is 3.88. The highest BCUT2D eigenvalue weighted by Crippen LogP contribution is 1.98. The molecule has 1 amide bonds. The molecule has 0 N–H and O–H groups in total. The van der Waals surface area contributed by atoms with Gasteiger partial charge in [0.15, 0.2) is 4.80 Å². The molecule has 0 fully saturated rings. The number of rotatable bonds is 2. The molecular weight excluding hydrogens is 196 g/mol. The third-order valence-electron chi connectivity index (χ3n) is 1.80. The van der Waals surface area contributed by atoms with Gasteiger partial charge in [0.05, 0.1) is 0 Å². The topological polar surface area (TPSA) is 34.4 Å². The molecule has 0 unspecified atom stereocenters. The highest BCUT2D eigenvalue weighted by molar-refractivity contribution is 7.07. The first kappa shape index (κ1) is 10.9. The van der Waals surface area contributed by atoms with Gasteiger partial charge in [-0.25, -0.2) is 0 Å². The number of hydrogen-bond donors (Lipinski definition) is 0. The minimum Gasteiger partial charge on any atom is -0.327 e. The Kier molecular flexibility index (Phi) is 3.83. The van der Waals surface area contributed by atoms with E-state index in [2.05, 4.69) is 4.99 Å². The molecule has 4 heteroatoms. The van der Waals surface area contributed by atoms with E-state index in [1.807, 2.05) is 36.2 Å². The van der Waals surface area contributed by atoms with Gasteiger partial charge in [-0.1, -0.05) is 13.0 Å². The average Bonchev–Trinajstić information content (AvgIpc) is 2.52. The van der Waals surface area contributed by atoms with Gasteiger partial charge in [0.25, 0.3) is 5.91 Å². The van der Waals surface area contributed by atoms with Crippen molar-refractivity contribution in [2.45, 2.75) is 20.3 Å². The van der Waals surface area contributed by atoms with Gasteiger partial charge >= 0.3 is 0 Å². The lowest BCUT2D eigenvalue weighted by atomic mass is 10.2. The van der Waals surface area contributed by atoms with Crippen LogP contribution in [-0.4, -0.2) is 10.5 Å². The van der Waals surface area contributed by atoms with E-state index in [9.17, 15) is 4.79 Å². The zero-order valence-electron chi connectivity index (χ0n) is 8.65. The van der Waals surface area contributed by atoms with Crippen LogP contribution < -0.4 is 4.80 Å². The van der Waals surface area contributed by atoms with E-state index in [0.29, 0.717) is 5.57 Å². The van der Waals surface area contributed by atoms with E-state index in [4.69, 9.17) is 0 Å². The smallest absolute Gasteiger partial charge is 0.274 e. The van der Waals surface area contributed by atoms with Crippen molar-refractivity contribution in [1.82, 2.24) is 4.57 Å². The number of carbonyl (C=O) groups excluding carboxylic acids is 1. The number of aryl methyl sites for hydroxylation is 1. The van der Waals surface area contributed by atoms with E-state index >= 15 is 0 Å². The maximum absolute atomic E-state index is 11.5. The number of nitrogens with zero attached hydrogens (tertiary/aromatic N) is 2. The summed E-state index contributed by atoms with van der Waals surface area (Å²) in [6.07, 6.45) is 4.64. The molecule has 0 saturated carbocycles. The first-order valence-electron chi connectivity index (χ1n) is 4.51. The van der Waals surface area contributed by atoms with E-state index < -0.39 is 0 Å². The normalized spacial score (nSPS) is 13.4. The van der Waals surface area contributed by atoms with Gasteiger partial charge in [0, 0.05) is 24.2 Å². The molecule has 0 atom stereocenters. The van der Waals surface area contributed by atoms with Crippen molar-refractivity contribution in [3.8, 4) is 0 Å². The lowest BCUT2D eigenvalue weighted by molar-refractivity contribution is -0.114. The Balaban J connectivity index is 2.95. The number of allylic oxidation sites excluding steroid dienone is 1. The second kappa shape index (κ2) is 4.91. The fraction of sp³-hybridized carbons (Fsp3) is 0.400. The highest BCUT2D eigenvalue weighted by Gasteiger charge is 2.01. The summed E-state index contributed by atoms with van der Waals surface area (Å²) in [7, 11) is 1.88. The van der Waals surface area contributed by atoms with Crippen LogP contribution >= 0.6 is 11.3 Å². The van der Waals surface area contributed by atoms with Gasteiger partial charge in [-0.15, -0.1) is 11.3 Å². The molecule has 0 aliphatic heterocycles. The molecule has 0 saturated heterocycles. The highest BCUT2D eigenvalue weighted by atomic mass is 32.1. The Labute approximate surface area is 87.4 Å². The molecule has 0 aromatic carbocycles. The maximum Gasteiger partial charge on any atom is 0.274 e. The Morgan fingerprint density at radius 2 is 2.43 bits per heavy atom. The third-order valence-corrected chi connectivity index (χ3v) is 2.65. The first-order valence-corrected chi connectivity index (χ1v) is 5.39. The fourth-order valence-electron chi connectivity index (χ4n) is 1.00. The Morgan fingerprint density at radius 1 is 1.71 bits per heavy atom. The Morgan fingerprint density at radius 3 is 2.93 bits per heavy atom. The van der Waals surface area contributed by atoms with Crippen LogP contribution in [0.4, 0.5) is 0 Å². The van der Waals surface area contributed by atoms with Crippen LogP contribution in [0.25, 0.3) is 0 Å². The average molecular weight is 210 g/mol. The van der Waals surface area contributed by atoms with Crippen molar-refractivity contribution in [3.05, 3.63) is 28.0 Å². The minimum atomic E-state index is -0.148. The summed E-state index contributed by atoms with van der Waals surface area (Å²) >= 11 is 1.46. The Bertz CT molecular complexity index is 412. The summed E-state index contributed by atoms with van der Waals surface area (Å²) in [6.45, 7) is 3.80.